The van der Waals surface area contributed by atoms with Gasteiger partial charge in [0.05, 0.1) is 11.5 Å². The molecule has 2 aromatic rings. The number of rotatable bonds is 3. The molecule has 2 rings (SSSR count). The number of carbonyl (C=O) groups is 1. The van der Waals surface area contributed by atoms with Crippen molar-refractivity contribution in [2.45, 2.75) is 17.2 Å². The quantitative estimate of drug-likeness (QED) is 0.581. The number of carboxylic acids is 1. The number of fused-ring (bicyclic) bond motifs is 1. The van der Waals surface area contributed by atoms with Crippen LogP contribution < -0.4 is 5.11 Å². The molecule has 0 aliphatic rings. The number of hydrogen-bond acceptors (Lipinski definition) is 5. The number of thioether (sulfide) groups is 1. The SMILES string of the molecule is C[C@H](Sc1ncnc2ccccc12)C(=O)[O-]. The summed E-state index contributed by atoms with van der Waals surface area (Å²) in [5.41, 5.74) is 0.811. The summed E-state index contributed by atoms with van der Waals surface area (Å²) in [5.74, 6) is -1.09. The van der Waals surface area contributed by atoms with E-state index in [2.05, 4.69) is 9.97 Å². The van der Waals surface area contributed by atoms with Gasteiger partial charge in [-0.15, -0.1) is 0 Å². The predicted molar refractivity (Wildman–Crippen MR) is 59.9 cm³/mol. The highest BCUT2D eigenvalue weighted by Crippen LogP contribution is 2.27. The lowest BCUT2D eigenvalue weighted by Gasteiger charge is -2.12. The van der Waals surface area contributed by atoms with Crippen molar-refractivity contribution >= 4 is 28.6 Å². The fourth-order valence-electron chi connectivity index (χ4n) is 1.29. The van der Waals surface area contributed by atoms with Crippen molar-refractivity contribution in [3.63, 3.8) is 0 Å². The van der Waals surface area contributed by atoms with E-state index in [9.17, 15) is 9.90 Å². The zero-order chi connectivity index (χ0) is 11.5. The van der Waals surface area contributed by atoms with E-state index in [4.69, 9.17) is 0 Å². The van der Waals surface area contributed by atoms with Gasteiger partial charge in [0.2, 0.25) is 0 Å². The largest absolute Gasteiger partial charge is 0.549 e. The normalized spacial score (nSPS) is 12.6. The zero-order valence-corrected chi connectivity index (χ0v) is 9.40. The molecule has 0 aliphatic heterocycles. The first-order valence-corrected chi connectivity index (χ1v) is 5.63. The first-order valence-electron chi connectivity index (χ1n) is 4.76. The highest BCUT2D eigenvalue weighted by atomic mass is 32.2. The van der Waals surface area contributed by atoms with Gasteiger partial charge in [0.1, 0.15) is 11.4 Å². The number of nitrogens with zero attached hydrogens (tertiary/aromatic N) is 2. The Kier molecular flexibility index (Phi) is 3.05. The van der Waals surface area contributed by atoms with Gasteiger partial charge in [-0.25, -0.2) is 9.97 Å². The van der Waals surface area contributed by atoms with Crippen LogP contribution in [0.3, 0.4) is 0 Å². The number of aromatic nitrogens is 2. The molecule has 0 aliphatic carbocycles. The maximum atomic E-state index is 10.7. The van der Waals surface area contributed by atoms with E-state index in [1.807, 2.05) is 24.3 Å². The molecule has 1 heterocycles. The summed E-state index contributed by atoms with van der Waals surface area (Å²) in [6.07, 6.45) is 1.44. The van der Waals surface area contributed by atoms with Gasteiger partial charge in [0.25, 0.3) is 0 Å². The van der Waals surface area contributed by atoms with Gasteiger partial charge in [0.15, 0.2) is 0 Å². The fourth-order valence-corrected chi connectivity index (χ4v) is 2.13. The molecule has 1 aromatic heterocycles. The summed E-state index contributed by atoms with van der Waals surface area (Å²) in [7, 11) is 0. The Morgan fingerprint density at radius 3 is 2.88 bits per heavy atom. The van der Waals surface area contributed by atoms with Crippen LogP contribution in [0, 0.1) is 0 Å². The van der Waals surface area contributed by atoms with Crippen LogP contribution in [0.5, 0.6) is 0 Å². The van der Waals surface area contributed by atoms with Gasteiger partial charge >= 0.3 is 0 Å². The molecule has 82 valence electrons. The molecule has 0 spiro atoms. The highest BCUT2D eigenvalue weighted by molar-refractivity contribution is 8.00. The molecule has 0 radical (unpaired) electrons. The molecule has 0 bridgehead atoms. The molecule has 0 saturated heterocycles. The second-order valence-corrected chi connectivity index (χ2v) is 4.60. The minimum Gasteiger partial charge on any atom is -0.549 e. The lowest BCUT2D eigenvalue weighted by Crippen LogP contribution is -2.31. The van der Waals surface area contributed by atoms with Gasteiger partial charge in [-0.05, 0) is 13.0 Å². The summed E-state index contributed by atoms with van der Waals surface area (Å²) in [5, 5.41) is 11.6. The maximum Gasteiger partial charge on any atom is 0.117 e. The van der Waals surface area contributed by atoms with E-state index in [1.54, 1.807) is 6.92 Å². The third kappa shape index (κ3) is 2.14. The fraction of sp³-hybridized carbons (Fsp3) is 0.182. The first-order chi connectivity index (χ1) is 7.68. The Labute approximate surface area is 96.7 Å². The molecule has 1 aromatic carbocycles. The van der Waals surface area contributed by atoms with Crippen LogP contribution >= 0.6 is 11.8 Å². The second-order valence-electron chi connectivity index (χ2n) is 3.28. The summed E-state index contributed by atoms with van der Waals surface area (Å²) in [4.78, 5) is 18.9. The number of aliphatic carboxylic acids is 1. The summed E-state index contributed by atoms with van der Waals surface area (Å²) < 4.78 is 0. The van der Waals surface area contributed by atoms with E-state index >= 15 is 0 Å². The lowest BCUT2D eigenvalue weighted by atomic mass is 10.2. The van der Waals surface area contributed by atoms with E-state index < -0.39 is 11.2 Å². The van der Waals surface area contributed by atoms with E-state index in [0.717, 1.165) is 10.9 Å². The Morgan fingerprint density at radius 1 is 1.38 bits per heavy atom. The van der Waals surface area contributed by atoms with E-state index in [-0.39, 0.29) is 0 Å². The van der Waals surface area contributed by atoms with Crippen LogP contribution in [0.4, 0.5) is 0 Å². The summed E-state index contributed by atoms with van der Waals surface area (Å²) in [6.45, 7) is 1.58. The Hall–Kier alpha value is -1.62. The predicted octanol–water partition coefficient (Wildman–Crippen LogP) is 0.860. The van der Waals surface area contributed by atoms with Crippen LogP contribution in [0.15, 0.2) is 35.6 Å². The molecule has 0 amide bonds. The minimum absolute atomic E-state index is 0.627. The van der Waals surface area contributed by atoms with Crippen molar-refractivity contribution in [2.24, 2.45) is 0 Å². The van der Waals surface area contributed by atoms with Crippen molar-refractivity contribution in [1.29, 1.82) is 0 Å². The standard InChI is InChI=1S/C11H10N2O2S/c1-7(11(14)15)16-10-8-4-2-3-5-9(8)12-6-13-10/h2-7H,1H3,(H,14,15)/p-1/t7-/m0/s1. The molecule has 4 nitrogen and oxygen atoms in total. The third-order valence-corrected chi connectivity index (χ3v) is 3.22. The molecular weight excluding hydrogens is 224 g/mol. The Bertz CT molecular complexity index is 525. The third-order valence-electron chi connectivity index (χ3n) is 2.13. The van der Waals surface area contributed by atoms with Gasteiger partial charge < -0.3 is 9.90 Å². The van der Waals surface area contributed by atoms with Gasteiger partial charge in [0, 0.05) is 10.6 Å². The molecule has 16 heavy (non-hydrogen) atoms. The van der Waals surface area contributed by atoms with Crippen LogP contribution in [0.2, 0.25) is 0 Å². The smallest absolute Gasteiger partial charge is 0.117 e. The van der Waals surface area contributed by atoms with Crippen LogP contribution in [0.25, 0.3) is 10.9 Å². The maximum absolute atomic E-state index is 10.7. The average molecular weight is 233 g/mol. The average Bonchev–Trinajstić information content (AvgIpc) is 2.29. The molecule has 0 fully saturated rings. The second kappa shape index (κ2) is 4.49. The van der Waals surface area contributed by atoms with Crippen LogP contribution in [0.1, 0.15) is 6.92 Å². The number of benzene rings is 1. The highest BCUT2D eigenvalue weighted by Gasteiger charge is 2.09. The summed E-state index contributed by atoms with van der Waals surface area (Å²) in [6, 6.07) is 7.50. The van der Waals surface area contributed by atoms with Crippen molar-refractivity contribution in [3.05, 3.63) is 30.6 Å². The number of para-hydroxylation sites is 1. The van der Waals surface area contributed by atoms with Gasteiger partial charge in [-0.2, -0.15) is 0 Å². The molecule has 0 unspecified atom stereocenters. The van der Waals surface area contributed by atoms with E-state index in [1.165, 1.54) is 18.1 Å². The monoisotopic (exact) mass is 233 g/mol. The molecular formula is C11H9N2O2S-. The number of hydrogen-bond donors (Lipinski definition) is 0. The first kappa shape index (κ1) is 10.9. The van der Waals surface area contributed by atoms with Crippen molar-refractivity contribution in [1.82, 2.24) is 9.97 Å². The zero-order valence-electron chi connectivity index (χ0n) is 8.58. The molecule has 5 heteroatoms. The van der Waals surface area contributed by atoms with Crippen LogP contribution in [-0.4, -0.2) is 21.2 Å². The van der Waals surface area contributed by atoms with Gasteiger partial charge in [-0.1, -0.05) is 30.0 Å². The topological polar surface area (TPSA) is 65.9 Å². The molecule has 0 N–H and O–H groups in total. The Morgan fingerprint density at radius 2 is 2.12 bits per heavy atom. The van der Waals surface area contributed by atoms with Crippen molar-refractivity contribution in [2.75, 3.05) is 0 Å². The van der Waals surface area contributed by atoms with Crippen molar-refractivity contribution < 1.29 is 9.90 Å². The lowest BCUT2D eigenvalue weighted by molar-refractivity contribution is -0.304. The van der Waals surface area contributed by atoms with Crippen LogP contribution in [-0.2, 0) is 4.79 Å². The molecule has 0 saturated carbocycles. The van der Waals surface area contributed by atoms with Crippen molar-refractivity contribution in [3.8, 4) is 0 Å². The number of carboxylic acid groups (broad SMARTS) is 1. The Balaban J connectivity index is 2.41. The summed E-state index contributed by atoms with van der Waals surface area (Å²) >= 11 is 1.17. The van der Waals surface area contributed by atoms with E-state index in [0.29, 0.717) is 5.03 Å². The van der Waals surface area contributed by atoms with Gasteiger partial charge in [-0.3, -0.25) is 0 Å². The molecule has 1 atom stereocenters. The minimum atomic E-state index is -1.09. The number of carbonyl (C=O) groups excluding carboxylic acids is 1.